The summed E-state index contributed by atoms with van der Waals surface area (Å²) in [5.74, 6) is 0. The lowest BCUT2D eigenvalue weighted by molar-refractivity contribution is 1.02. The van der Waals surface area contributed by atoms with Gasteiger partial charge in [-0.25, -0.2) is 0 Å². The van der Waals surface area contributed by atoms with Gasteiger partial charge in [0.05, 0.1) is 0 Å². The standard InChI is InChI=1S/C4H2N2.C2H7N/c1-4(2-5)3-6;1-3-2/h1H2;3H,1-2H3. The molecule has 0 aromatic rings. The molecule has 9 heavy (non-hydrogen) atoms. The topological polar surface area (TPSA) is 59.6 Å². The molecule has 0 amide bonds. The highest BCUT2D eigenvalue weighted by atomic mass is 14.7. The molecule has 0 unspecified atom stereocenters. The molecule has 0 aliphatic carbocycles. The number of hydrogen-bond donors (Lipinski definition) is 1. The first kappa shape index (κ1) is 10.6. The van der Waals surface area contributed by atoms with Crippen molar-refractivity contribution in [3.05, 3.63) is 12.2 Å². The van der Waals surface area contributed by atoms with Crippen molar-refractivity contribution in [2.75, 3.05) is 14.1 Å². The third-order valence-corrected chi connectivity index (χ3v) is 0.270. The molecule has 0 radical (unpaired) electrons. The number of nitrogens with one attached hydrogen (secondary N) is 1. The Morgan fingerprint density at radius 1 is 1.33 bits per heavy atom. The lowest BCUT2D eigenvalue weighted by atomic mass is 10.4. The Morgan fingerprint density at radius 3 is 1.56 bits per heavy atom. The summed E-state index contributed by atoms with van der Waals surface area (Å²) < 4.78 is 0. The lowest BCUT2D eigenvalue weighted by Gasteiger charge is -1.59. The van der Waals surface area contributed by atoms with E-state index in [0.29, 0.717) is 0 Å². The van der Waals surface area contributed by atoms with E-state index < -0.39 is 0 Å². The van der Waals surface area contributed by atoms with Crippen LogP contribution in [0.3, 0.4) is 0 Å². The Balaban J connectivity index is 0. The van der Waals surface area contributed by atoms with E-state index in [1.807, 2.05) is 14.1 Å². The van der Waals surface area contributed by atoms with E-state index >= 15 is 0 Å². The lowest BCUT2D eigenvalue weighted by Crippen LogP contribution is -1.89. The fraction of sp³-hybridized carbons (Fsp3) is 0.333. The minimum absolute atomic E-state index is 0.0463. The first-order valence-corrected chi connectivity index (χ1v) is 2.30. The molecule has 0 bridgehead atoms. The van der Waals surface area contributed by atoms with Crippen LogP contribution in [0, 0.1) is 22.7 Å². The molecule has 0 saturated heterocycles. The van der Waals surface area contributed by atoms with E-state index in [2.05, 4.69) is 11.9 Å². The molecule has 0 aliphatic heterocycles. The predicted molar refractivity (Wildman–Crippen MR) is 35.3 cm³/mol. The Labute approximate surface area is 55.2 Å². The predicted octanol–water partition coefficient (Wildman–Crippen LogP) is 0.425. The molecule has 48 valence electrons. The monoisotopic (exact) mass is 123 g/mol. The average molecular weight is 123 g/mol. The molecule has 3 nitrogen and oxygen atoms in total. The summed E-state index contributed by atoms with van der Waals surface area (Å²) in [6.45, 7) is 3.07. The molecule has 3 heteroatoms. The molecule has 1 N–H and O–H groups in total. The summed E-state index contributed by atoms with van der Waals surface area (Å²) in [5.41, 5.74) is -0.0463. The summed E-state index contributed by atoms with van der Waals surface area (Å²) in [4.78, 5) is 0. The first-order valence-electron chi connectivity index (χ1n) is 2.30. The fourth-order valence-electron chi connectivity index (χ4n) is 0.0250. The molecule has 0 spiro atoms. The zero-order chi connectivity index (χ0) is 7.70. The number of nitriles is 2. The van der Waals surface area contributed by atoms with Crippen LogP contribution in [0.4, 0.5) is 0 Å². The van der Waals surface area contributed by atoms with Crippen molar-refractivity contribution in [3.8, 4) is 12.1 Å². The Kier molecular flexibility index (Phi) is 11.6. The number of hydrogen-bond acceptors (Lipinski definition) is 3. The summed E-state index contributed by atoms with van der Waals surface area (Å²) in [7, 11) is 3.75. The summed E-state index contributed by atoms with van der Waals surface area (Å²) in [6.07, 6.45) is 0. The highest BCUT2D eigenvalue weighted by Crippen LogP contribution is 1.75. The molecule has 0 aliphatic rings. The summed E-state index contributed by atoms with van der Waals surface area (Å²) >= 11 is 0. The van der Waals surface area contributed by atoms with Crippen LogP contribution in [0.25, 0.3) is 0 Å². The van der Waals surface area contributed by atoms with Crippen molar-refractivity contribution in [2.45, 2.75) is 0 Å². The smallest absolute Gasteiger partial charge is 0.122 e. The van der Waals surface area contributed by atoms with E-state index in [1.54, 1.807) is 12.1 Å². The van der Waals surface area contributed by atoms with Crippen LogP contribution in [0.2, 0.25) is 0 Å². The van der Waals surface area contributed by atoms with Gasteiger partial charge in [0.25, 0.3) is 0 Å². The van der Waals surface area contributed by atoms with Crippen molar-refractivity contribution in [2.24, 2.45) is 0 Å². The van der Waals surface area contributed by atoms with Crippen molar-refractivity contribution in [3.63, 3.8) is 0 Å². The maximum atomic E-state index is 7.76. The Morgan fingerprint density at radius 2 is 1.56 bits per heavy atom. The van der Waals surface area contributed by atoms with Crippen LogP contribution in [0.1, 0.15) is 0 Å². The van der Waals surface area contributed by atoms with Gasteiger partial charge < -0.3 is 5.32 Å². The highest BCUT2D eigenvalue weighted by Gasteiger charge is 1.76. The SMILES string of the molecule is C=C(C#N)C#N.CNC. The third kappa shape index (κ3) is 20.4. The van der Waals surface area contributed by atoms with Gasteiger partial charge in [0.1, 0.15) is 17.7 Å². The highest BCUT2D eigenvalue weighted by molar-refractivity contribution is 5.31. The molecular weight excluding hydrogens is 114 g/mol. The van der Waals surface area contributed by atoms with Gasteiger partial charge in [0.15, 0.2) is 0 Å². The fourth-order valence-corrected chi connectivity index (χ4v) is 0.0250. The molecule has 0 aromatic heterocycles. The number of rotatable bonds is 0. The molecule has 0 saturated carbocycles. The van der Waals surface area contributed by atoms with Crippen molar-refractivity contribution >= 4 is 0 Å². The van der Waals surface area contributed by atoms with Gasteiger partial charge in [-0.1, -0.05) is 6.58 Å². The van der Waals surface area contributed by atoms with Gasteiger partial charge in [0.2, 0.25) is 0 Å². The zero-order valence-electron chi connectivity index (χ0n) is 5.60. The number of allylic oxidation sites excluding steroid dienone is 1. The second kappa shape index (κ2) is 9.84. The third-order valence-electron chi connectivity index (χ3n) is 0.270. The maximum Gasteiger partial charge on any atom is 0.122 e. The van der Waals surface area contributed by atoms with Crippen molar-refractivity contribution in [1.82, 2.24) is 5.32 Å². The molecular formula is C6H9N3. The van der Waals surface area contributed by atoms with Gasteiger partial charge in [-0.15, -0.1) is 0 Å². The first-order chi connectivity index (χ1) is 4.22. The number of nitrogens with zero attached hydrogens (tertiary/aromatic N) is 2. The van der Waals surface area contributed by atoms with E-state index in [4.69, 9.17) is 10.5 Å². The molecule has 0 atom stereocenters. The normalized spacial score (nSPS) is 5.33. The van der Waals surface area contributed by atoms with Gasteiger partial charge in [-0.05, 0) is 14.1 Å². The van der Waals surface area contributed by atoms with Gasteiger partial charge in [0, 0.05) is 0 Å². The van der Waals surface area contributed by atoms with E-state index in [-0.39, 0.29) is 5.57 Å². The van der Waals surface area contributed by atoms with Gasteiger partial charge >= 0.3 is 0 Å². The molecule has 0 rings (SSSR count). The average Bonchev–Trinajstić information content (AvgIpc) is 1.88. The molecule has 0 heterocycles. The Bertz CT molecular complexity index is 131. The second-order valence-corrected chi connectivity index (χ2v) is 1.20. The summed E-state index contributed by atoms with van der Waals surface area (Å²) in [6, 6.07) is 3.12. The van der Waals surface area contributed by atoms with Crippen LogP contribution < -0.4 is 5.32 Å². The minimum Gasteiger partial charge on any atom is -0.323 e. The van der Waals surface area contributed by atoms with E-state index in [1.165, 1.54) is 0 Å². The Hall–Kier alpha value is -1.32. The van der Waals surface area contributed by atoms with Gasteiger partial charge in [-0.2, -0.15) is 10.5 Å². The van der Waals surface area contributed by atoms with Crippen LogP contribution in [0.5, 0.6) is 0 Å². The van der Waals surface area contributed by atoms with Crippen LogP contribution in [-0.4, -0.2) is 14.1 Å². The molecule has 0 fully saturated rings. The van der Waals surface area contributed by atoms with Gasteiger partial charge in [-0.3, -0.25) is 0 Å². The second-order valence-electron chi connectivity index (χ2n) is 1.20. The largest absolute Gasteiger partial charge is 0.323 e. The van der Waals surface area contributed by atoms with E-state index in [0.717, 1.165) is 0 Å². The summed E-state index contributed by atoms with van der Waals surface area (Å²) in [5, 5.41) is 18.3. The zero-order valence-corrected chi connectivity index (χ0v) is 5.60. The molecule has 0 aromatic carbocycles. The van der Waals surface area contributed by atoms with Crippen LogP contribution in [0.15, 0.2) is 12.2 Å². The van der Waals surface area contributed by atoms with Crippen molar-refractivity contribution < 1.29 is 0 Å². The van der Waals surface area contributed by atoms with Crippen molar-refractivity contribution in [1.29, 1.82) is 10.5 Å². The minimum atomic E-state index is -0.0463. The van der Waals surface area contributed by atoms with Crippen LogP contribution >= 0.6 is 0 Å². The van der Waals surface area contributed by atoms with Crippen LogP contribution in [-0.2, 0) is 0 Å². The quantitative estimate of drug-likeness (QED) is 0.475. The maximum absolute atomic E-state index is 7.76. The van der Waals surface area contributed by atoms with E-state index in [9.17, 15) is 0 Å².